The molecular weight excluding hydrogens is 238 g/mol. The summed E-state index contributed by atoms with van der Waals surface area (Å²) in [5, 5.41) is 2.35. The summed E-state index contributed by atoms with van der Waals surface area (Å²) >= 11 is 0. The zero-order valence-corrected chi connectivity index (χ0v) is 9.58. The largest absolute Gasteiger partial charge is 0.319 e. The Labute approximate surface area is 102 Å². The number of benzene rings is 1. The molecule has 0 unspecified atom stereocenters. The van der Waals surface area contributed by atoms with Crippen molar-refractivity contribution in [3.05, 3.63) is 59.4 Å². The highest BCUT2D eigenvalue weighted by molar-refractivity contribution is 6.04. The van der Waals surface area contributed by atoms with E-state index in [0.29, 0.717) is 5.56 Å². The summed E-state index contributed by atoms with van der Waals surface area (Å²) in [7, 11) is 0. The quantitative estimate of drug-likeness (QED) is 0.887. The van der Waals surface area contributed by atoms with Gasteiger partial charge >= 0.3 is 0 Å². The van der Waals surface area contributed by atoms with Gasteiger partial charge in [-0.1, -0.05) is 12.1 Å². The van der Waals surface area contributed by atoms with Crippen LogP contribution in [0.5, 0.6) is 0 Å². The lowest BCUT2D eigenvalue weighted by Crippen LogP contribution is -2.15. The highest BCUT2D eigenvalue weighted by Crippen LogP contribution is 2.19. The van der Waals surface area contributed by atoms with E-state index in [1.165, 1.54) is 24.4 Å². The second kappa shape index (κ2) is 4.91. The minimum atomic E-state index is -0.746. The van der Waals surface area contributed by atoms with E-state index < -0.39 is 17.5 Å². The summed E-state index contributed by atoms with van der Waals surface area (Å²) in [6.07, 6.45) is 2.23. The third kappa shape index (κ3) is 2.34. The number of nitrogens with one attached hydrogen (secondary N) is 1. The lowest BCUT2D eigenvalue weighted by atomic mass is 10.1. The van der Waals surface area contributed by atoms with Gasteiger partial charge in [-0.15, -0.1) is 0 Å². The molecule has 0 saturated heterocycles. The number of carbonyl (C=O) groups is 1. The van der Waals surface area contributed by atoms with Crippen molar-refractivity contribution < 1.29 is 13.6 Å². The van der Waals surface area contributed by atoms with Gasteiger partial charge in [0.2, 0.25) is 0 Å². The maximum absolute atomic E-state index is 13.5. The van der Waals surface area contributed by atoms with E-state index in [1.807, 2.05) is 0 Å². The fourth-order valence-electron chi connectivity index (χ4n) is 1.53. The maximum Gasteiger partial charge on any atom is 0.258 e. The van der Waals surface area contributed by atoms with Gasteiger partial charge in [0.15, 0.2) is 5.82 Å². The van der Waals surface area contributed by atoms with Gasteiger partial charge in [0.1, 0.15) is 5.82 Å². The number of pyridine rings is 1. The van der Waals surface area contributed by atoms with Crippen LogP contribution in [0.1, 0.15) is 15.9 Å². The average Bonchev–Trinajstić information content (AvgIpc) is 2.34. The molecule has 1 amide bonds. The average molecular weight is 248 g/mol. The Morgan fingerprint density at radius 2 is 2.00 bits per heavy atom. The minimum Gasteiger partial charge on any atom is -0.319 e. The number of aromatic nitrogens is 1. The molecule has 0 aliphatic rings. The molecule has 2 aromatic rings. The highest BCUT2D eigenvalue weighted by Gasteiger charge is 2.14. The van der Waals surface area contributed by atoms with Crippen LogP contribution < -0.4 is 5.32 Å². The van der Waals surface area contributed by atoms with Gasteiger partial charge in [0, 0.05) is 6.20 Å². The maximum atomic E-state index is 13.5. The van der Waals surface area contributed by atoms with Gasteiger partial charge < -0.3 is 5.32 Å². The number of rotatable bonds is 2. The van der Waals surface area contributed by atoms with E-state index in [2.05, 4.69) is 10.3 Å². The summed E-state index contributed by atoms with van der Waals surface area (Å²) in [4.78, 5) is 15.3. The highest BCUT2D eigenvalue weighted by atomic mass is 19.1. The third-order valence-electron chi connectivity index (χ3n) is 2.48. The summed E-state index contributed by atoms with van der Waals surface area (Å²) in [6.45, 7) is 1.65. The molecule has 3 nitrogen and oxygen atoms in total. The van der Waals surface area contributed by atoms with Crippen LogP contribution in [0.2, 0.25) is 0 Å². The standard InChI is InChI=1S/C13H10F2N2O/c1-8-3-2-4-10(14)12(8)17-13(18)9-5-6-16-7-11(9)15/h2-7H,1H3,(H,17,18). The molecule has 1 heterocycles. The lowest BCUT2D eigenvalue weighted by Gasteiger charge is -2.09. The summed E-state index contributed by atoms with van der Waals surface area (Å²) in [5.74, 6) is -2.01. The lowest BCUT2D eigenvalue weighted by molar-refractivity contribution is 0.102. The first-order chi connectivity index (χ1) is 8.59. The van der Waals surface area contributed by atoms with Gasteiger partial charge in [-0.05, 0) is 24.6 Å². The van der Waals surface area contributed by atoms with Crippen LogP contribution in [0, 0.1) is 18.6 Å². The SMILES string of the molecule is Cc1cccc(F)c1NC(=O)c1ccncc1F. The van der Waals surface area contributed by atoms with Crippen LogP contribution in [0.4, 0.5) is 14.5 Å². The Hall–Kier alpha value is -2.30. The topological polar surface area (TPSA) is 42.0 Å². The van der Waals surface area contributed by atoms with E-state index in [0.717, 1.165) is 6.20 Å². The second-order valence-electron chi connectivity index (χ2n) is 3.74. The number of para-hydroxylation sites is 1. The van der Waals surface area contributed by atoms with Gasteiger partial charge in [0.05, 0.1) is 17.4 Å². The first kappa shape index (κ1) is 12.2. The molecule has 0 aliphatic heterocycles. The molecule has 0 atom stereocenters. The zero-order chi connectivity index (χ0) is 13.1. The minimum absolute atomic E-state index is 0.0544. The molecule has 0 saturated carbocycles. The van der Waals surface area contributed by atoms with Crippen molar-refractivity contribution in [1.29, 1.82) is 0 Å². The summed E-state index contributed by atoms with van der Waals surface area (Å²) in [5.41, 5.74) is 0.448. The van der Waals surface area contributed by atoms with Crippen molar-refractivity contribution in [3.8, 4) is 0 Å². The van der Waals surface area contributed by atoms with E-state index in [4.69, 9.17) is 0 Å². The molecule has 0 bridgehead atoms. The molecule has 0 aliphatic carbocycles. The molecule has 0 spiro atoms. The summed E-state index contributed by atoms with van der Waals surface area (Å²) < 4.78 is 26.8. The molecule has 1 N–H and O–H groups in total. The predicted octanol–water partition coefficient (Wildman–Crippen LogP) is 2.92. The molecule has 0 radical (unpaired) electrons. The van der Waals surface area contributed by atoms with Crippen molar-refractivity contribution in [2.24, 2.45) is 0 Å². The number of aryl methyl sites for hydroxylation is 1. The van der Waals surface area contributed by atoms with E-state index in [1.54, 1.807) is 13.0 Å². The van der Waals surface area contributed by atoms with Gasteiger partial charge in [0.25, 0.3) is 5.91 Å². The normalized spacial score (nSPS) is 10.2. The molecule has 92 valence electrons. The first-order valence-electron chi connectivity index (χ1n) is 5.25. The van der Waals surface area contributed by atoms with Gasteiger partial charge in [-0.2, -0.15) is 0 Å². The van der Waals surface area contributed by atoms with Gasteiger partial charge in [-0.25, -0.2) is 8.78 Å². The zero-order valence-electron chi connectivity index (χ0n) is 9.58. The smallest absolute Gasteiger partial charge is 0.258 e. The fourth-order valence-corrected chi connectivity index (χ4v) is 1.53. The van der Waals surface area contributed by atoms with Crippen molar-refractivity contribution in [1.82, 2.24) is 4.98 Å². The molecule has 0 fully saturated rings. The fraction of sp³-hybridized carbons (Fsp3) is 0.0769. The van der Waals surface area contributed by atoms with Crippen LogP contribution in [-0.2, 0) is 0 Å². The number of hydrogen-bond acceptors (Lipinski definition) is 2. The Balaban J connectivity index is 2.30. The van der Waals surface area contributed by atoms with Crippen molar-refractivity contribution in [2.45, 2.75) is 6.92 Å². The Kier molecular flexibility index (Phi) is 3.32. The van der Waals surface area contributed by atoms with E-state index in [9.17, 15) is 13.6 Å². The van der Waals surface area contributed by atoms with Crippen LogP contribution in [0.15, 0.2) is 36.7 Å². The second-order valence-corrected chi connectivity index (χ2v) is 3.74. The van der Waals surface area contributed by atoms with Crippen LogP contribution in [-0.4, -0.2) is 10.9 Å². The number of halogens is 2. The van der Waals surface area contributed by atoms with Crippen LogP contribution >= 0.6 is 0 Å². The van der Waals surface area contributed by atoms with Crippen LogP contribution in [0.3, 0.4) is 0 Å². The molecule has 2 rings (SSSR count). The first-order valence-corrected chi connectivity index (χ1v) is 5.25. The number of amides is 1. The predicted molar refractivity (Wildman–Crippen MR) is 63.3 cm³/mol. The van der Waals surface area contributed by atoms with E-state index in [-0.39, 0.29) is 11.3 Å². The number of carbonyl (C=O) groups excluding carboxylic acids is 1. The summed E-state index contributed by atoms with van der Waals surface area (Å²) in [6, 6.07) is 5.65. The monoisotopic (exact) mass is 248 g/mol. The van der Waals surface area contributed by atoms with Crippen molar-refractivity contribution in [3.63, 3.8) is 0 Å². The Morgan fingerprint density at radius 3 is 2.67 bits per heavy atom. The third-order valence-corrected chi connectivity index (χ3v) is 2.48. The van der Waals surface area contributed by atoms with Crippen LogP contribution in [0.25, 0.3) is 0 Å². The Morgan fingerprint density at radius 1 is 1.22 bits per heavy atom. The van der Waals surface area contributed by atoms with Crippen molar-refractivity contribution >= 4 is 11.6 Å². The van der Waals surface area contributed by atoms with Gasteiger partial charge in [-0.3, -0.25) is 9.78 Å². The molecule has 1 aromatic heterocycles. The number of anilines is 1. The number of nitrogens with zero attached hydrogens (tertiary/aromatic N) is 1. The van der Waals surface area contributed by atoms with Crippen molar-refractivity contribution in [2.75, 3.05) is 5.32 Å². The van der Waals surface area contributed by atoms with E-state index >= 15 is 0 Å². The molecule has 1 aromatic carbocycles. The molecule has 18 heavy (non-hydrogen) atoms. The Bertz CT molecular complexity index is 579. The number of hydrogen-bond donors (Lipinski definition) is 1. The molecular formula is C13H10F2N2O. The molecule has 5 heteroatoms.